The average Bonchev–Trinajstić information content (AvgIpc) is 2.84. The first-order valence-electron chi connectivity index (χ1n) is 10.6. The van der Waals surface area contributed by atoms with Gasteiger partial charge in [0.1, 0.15) is 0 Å². The second-order valence-corrected chi connectivity index (χ2v) is 7.82. The number of piperazine rings is 1. The van der Waals surface area contributed by atoms with Crippen molar-refractivity contribution in [2.24, 2.45) is 0 Å². The number of hydrogen-bond acceptors (Lipinski definition) is 6. The van der Waals surface area contributed by atoms with Crippen LogP contribution in [0.4, 0.5) is 11.4 Å². The maximum absolute atomic E-state index is 13.2. The predicted octanol–water partition coefficient (Wildman–Crippen LogP) is 3.62. The van der Waals surface area contributed by atoms with E-state index in [0.29, 0.717) is 36.0 Å². The van der Waals surface area contributed by atoms with Gasteiger partial charge in [-0.3, -0.25) is 4.79 Å². The van der Waals surface area contributed by atoms with Crippen LogP contribution in [0.2, 0.25) is 0 Å². The molecule has 7 heteroatoms. The molecule has 1 aromatic heterocycles. The fourth-order valence-corrected chi connectivity index (χ4v) is 3.87. The van der Waals surface area contributed by atoms with Gasteiger partial charge in [0, 0.05) is 37.4 Å². The molecule has 3 aromatic rings. The van der Waals surface area contributed by atoms with E-state index in [0.717, 1.165) is 18.7 Å². The van der Waals surface area contributed by atoms with Crippen LogP contribution in [-0.4, -0.2) is 56.2 Å². The largest absolute Gasteiger partial charge is 0.493 e. The van der Waals surface area contributed by atoms with Crippen molar-refractivity contribution >= 4 is 17.3 Å². The van der Waals surface area contributed by atoms with Gasteiger partial charge in [-0.2, -0.15) is 0 Å². The van der Waals surface area contributed by atoms with Crippen LogP contribution in [0.3, 0.4) is 0 Å². The van der Waals surface area contributed by atoms with Crippen LogP contribution in [0, 0.1) is 6.92 Å². The summed E-state index contributed by atoms with van der Waals surface area (Å²) >= 11 is 0. The Balaban J connectivity index is 1.51. The summed E-state index contributed by atoms with van der Waals surface area (Å²) in [5.41, 5.74) is 10.7. The van der Waals surface area contributed by atoms with Crippen molar-refractivity contribution in [3.05, 3.63) is 65.9 Å². The lowest BCUT2D eigenvalue weighted by Crippen LogP contribution is -2.49. The fraction of sp³-hybridized carbons (Fsp3) is 0.280. The number of methoxy groups -OCH3 is 2. The Labute approximate surface area is 188 Å². The summed E-state index contributed by atoms with van der Waals surface area (Å²) in [6.45, 7) is 4.85. The van der Waals surface area contributed by atoms with Crippen LogP contribution in [0.1, 0.15) is 16.1 Å². The lowest BCUT2D eigenvalue weighted by Gasteiger charge is -2.36. The Kier molecular flexibility index (Phi) is 6.16. The molecule has 0 unspecified atom stereocenters. The third kappa shape index (κ3) is 4.32. The molecular formula is C25H28N4O3. The number of carbonyl (C=O) groups is 1. The minimum atomic E-state index is -0.145. The molecular weight excluding hydrogens is 404 g/mol. The maximum atomic E-state index is 13.2. The van der Waals surface area contributed by atoms with Gasteiger partial charge in [0.25, 0.3) is 5.91 Å². The SMILES string of the molecule is COc1ccc(-c2ccc(N)c(C(=O)N3CCN(c4ccc(C)cc4)CC3)n2)cc1OC. The molecule has 1 amide bonds. The summed E-state index contributed by atoms with van der Waals surface area (Å²) in [5, 5.41) is 0. The molecule has 2 heterocycles. The molecule has 0 saturated carbocycles. The number of ether oxygens (including phenoxy) is 2. The summed E-state index contributed by atoms with van der Waals surface area (Å²) in [6, 6.07) is 17.5. The number of nitrogen functional groups attached to an aromatic ring is 1. The summed E-state index contributed by atoms with van der Waals surface area (Å²) in [7, 11) is 3.18. The first-order chi connectivity index (χ1) is 15.5. The van der Waals surface area contributed by atoms with E-state index in [4.69, 9.17) is 15.2 Å². The van der Waals surface area contributed by atoms with E-state index < -0.39 is 0 Å². The Morgan fingerprint density at radius 2 is 1.59 bits per heavy atom. The Hall–Kier alpha value is -3.74. The first kappa shape index (κ1) is 21.5. The highest BCUT2D eigenvalue weighted by Crippen LogP contribution is 2.32. The van der Waals surface area contributed by atoms with E-state index in [1.54, 1.807) is 20.3 Å². The molecule has 0 bridgehead atoms. The zero-order valence-corrected chi connectivity index (χ0v) is 18.7. The monoisotopic (exact) mass is 432 g/mol. The molecule has 0 atom stereocenters. The second kappa shape index (κ2) is 9.18. The maximum Gasteiger partial charge on any atom is 0.274 e. The minimum absolute atomic E-state index is 0.145. The molecule has 0 aliphatic carbocycles. The first-order valence-corrected chi connectivity index (χ1v) is 10.6. The summed E-state index contributed by atoms with van der Waals surface area (Å²) in [5.74, 6) is 1.09. The van der Waals surface area contributed by atoms with E-state index in [9.17, 15) is 4.79 Å². The highest BCUT2D eigenvalue weighted by molar-refractivity contribution is 5.98. The molecule has 7 nitrogen and oxygen atoms in total. The molecule has 166 valence electrons. The van der Waals surface area contributed by atoms with Crippen molar-refractivity contribution < 1.29 is 14.3 Å². The van der Waals surface area contributed by atoms with Crippen LogP contribution in [0.5, 0.6) is 11.5 Å². The fourth-order valence-electron chi connectivity index (χ4n) is 3.87. The molecule has 32 heavy (non-hydrogen) atoms. The lowest BCUT2D eigenvalue weighted by molar-refractivity contribution is 0.0742. The van der Waals surface area contributed by atoms with Crippen molar-refractivity contribution in [1.82, 2.24) is 9.88 Å². The molecule has 0 radical (unpaired) electrons. The average molecular weight is 433 g/mol. The number of nitrogens with two attached hydrogens (primary N) is 1. The zero-order chi connectivity index (χ0) is 22.7. The number of carbonyl (C=O) groups excluding carboxylic acids is 1. The number of hydrogen-bond donors (Lipinski definition) is 1. The summed E-state index contributed by atoms with van der Waals surface area (Å²) in [6.07, 6.45) is 0. The van der Waals surface area contributed by atoms with Gasteiger partial charge in [0.05, 0.1) is 25.6 Å². The van der Waals surface area contributed by atoms with Gasteiger partial charge in [-0.15, -0.1) is 0 Å². The van der Waals surface area contributed by atoms with Crippen molar-refractivity contribution in [2.75, 3.05) is 51.0 Å². The number of amides is 1. The molecule has 0 spiro atoms. The molecule has 4 rings (SSSR count). The van der Waals surface area contributed by atoms with Crippen LogP contribution < -0.4 is 20.1 Å². The second-order valence-electron chi connectivity index (χ2n) is 7.82. The summed E-state index contributed by atoms with van der Waals surface area (Å²) < 4.78 is 10.7. The molecule has 2 N–H and O–H groups in total. The molecule has 2 aromatic carbocycles. The van der Waals surface area contributed by atoms with Gasteiger partial charge >= 0.3 is 0 Å². The van der Waals surface area contributed by atoms with Crippen LogP contribution in [0.25, 0.3) is 11.3 Å². The third-order valence-corrected chi connectivity index (χ3v) is 5.77. The van der Waals surface area contributed by atoms with Crippen molar-refractivity contribution in [1.29, 1.82) is 0 Å². The molecule has 1 saturated heterocycles. The van der Waals surface area contributed by atoms with Crippen molar-refractivity contribution in [2.45, 2.75) is 6.92 Å². The Morgan fingerprint density at radius 1 is 0.906 bits per heavy atom. The van der Waals surface area contributed by atoms with Gasteiger partial charge in [0.15, 0.2) is 17.2 Å². The topological polar surface area (TPSA) is 80.9 Å². The highest BCUT2D eigenvalue weighted by atomic mass is 16.5. The third-order valence-electron chi connectivity index (χ3n) is 5.77. The molecule has 1 fully saturated rings. The molecule has 1 aliphatic heterocycles. The number of aryl methyl sites for hydroxylation is 1. The number of nitrogens with zero attached hydrogens (tertiary/aromatic N) is 3. The predicted molar refractivity (Wildman–Crippen MR) is 126 cm³/mol. The normalized spacial score (nSPS) is 13.7. The van der Waals surface area contributed by atoms with Gasteiger partial charge in [-0.1, -0.05) is 17.7 Å². The summed E-state index contributed by atoms with van der Waals surface area (Å²) in [4.78, 5) is 22.0. The number of pyridine rings is 1. The number of anilines is 2. The van der Waals surface area contributed by atoms with Crippen LogP contribution >= 0.6 is 0 Å². The molecule has 1 aliphatic rings. The van der Waals surface area contributed by atoms with E-state index in [1.165, 1.54) is 11.3 Å². The Bertz CT molecular complexity index is 1110. The number of aromatic nitrogens is 1. The van der Waals surface area contributed by atoms with Crippen LogP contribution in [-0.2, 0) is 0 Å². The van der Waals surface area contributed by atoms with E-state index >= 15 is 0 Å². The smallest absolute Gasteiger partial charge is 0.274 e. The van der Waals surface area contributed by atoms with Gasteiger partial charge in [-0.25, -0.2) is 4.98 Å². The lowest BCUT2D eigenvalue weighted by atomic mass is 10.1. The quantitative estimate of drug-likeness (QED) is 0.663. The number of rotatable bonds is 5. The van der Waals surface area contributed by atoms with Gasteiger partial charge in [-0.05, 0) is 49.4 Å². The van der Waals surface area contributed by atoms with E-state index in [1.807, 2.05) is 29.2 Å². The van der Waals surface area contributed by atoms with Gasteiger partial charge < -0.3 is 25.0 Å². The zero-order valence-electron chi connectivity index (χ0n) is 18.7. The van der Waals surface area contributed by atoms with Crippen molar-refractivity contribution in [3.8, 4) is 22.8 Å². The van der Waals surface area contributed by atoms with Crippen molar-refractivity contribution in [3.63, 3.8) is 0 Å². The van der Waals surface area contributed by atoms with Crippen LogP contribution in [0.15, 0.2) is 54.6 Å². The minimum Gasteiger partial charge on any atom is -0.493 e. The van der Waals surface area contributed by atoms with Gasteiger partial charge in [0.2, 0.25) is 0 Å². The van der Waals surface area contributed by atoms with E-state index in [-0.39, 0.29) is 11.6 Å². The Morgan fingerprint density at radius 3 is 2.25 bits per heavy atom. The standard InChI is InChI=1S/C25H28N4O3/c1-17-4-7-19(8-5-17)28-12-14-29(15-13-28)25(30)24-20(26)9-10-21(27-24)18-6-11-22(31-2)23(16-18)32-3/h4-11,16H,12-15,26H2,1-3H3. The highest BCUT2D eigenvalue weighted by Gasteiger charge is 2.25. The van der Waals surface area contributed by atoms with E-state index in [2.05, 4.69) is 41.1 Å². The number of benzene rings is 2.